The van der Waals surface area contributed by atoms with Gasteiger partial charge in [0, 0.05) is 25.7 Å². The van der Waals surface area contributed by atoms with E-state index in [1.54, 1.807) is 0 Å². The number of hydrogen-bond donors (Lipinski definition) is 3. The summed E-state index contributed by atoms with van der Waals surface area (Å²) in [5.74, 6) is 0.164. The molecule has 3 N–H and O–H groups in total. The van der Waals surface area contributed by atoms with Crippen LogP contribution >= 0.6 is 15.6 Å². The third kappa shape index (κ3) is 62.0. The van der Waals surface area contributed by atoms with Gasteiger partial charge in [0.1, 0.15) is 19.3 Å². The normalized spacial score (nSPS) is 14.8. The van der Waals surface area contributed by atoms with Crippen LogP contribution in [0.4, 0.5) is 0 Å². The largest absolute Gasteiger partial charge is 0.472 e. The molecule has 89 heavy (non-hydrogen) atoms. The van der Waals surface area contributed by atoms with Crippen molar-refractivity contribution in [3.63, 3.8) is 0 Å². The first-order valence-electron chi connectivity index (χ1n) is 36.4. The van der Waals surface area contributed by atoms with E-state index in [0.717, 1.165) is 108 Å². The Morgan fingerprint density at radius 1 is 0.326 bits per heavy atom. The third-order valence-electron chi connectivity index (χ3n) is 16.9. The van der Waals surface area contributed by atoms with Gasteiger partial charge in [-0.05, 0) is 43.4 Å². The van der Waals surface area contributed by atoms with E-state index in [1.165, 1.54) is 161 Å². The molecule has 0 aliphatic rings. The molecule has 0 aromatic heterocycles. The Morgan fingerprint density at radius 2 is 0.573 bits per heavy atom. The van der Waals surface area contributed by atoms with Gasteiger partial charge in [0.15, 0.2) is 12.2 Å². The molecule has 0 fully saturated rings. The summed E-state index contributed by atoms with van der Waals surface area (Å²) in [6.45, 7) is 11.8. The number of rotatable bonds is 68. The van der Waals surface area contributed by atoms with Crippen LogP contribution in [-0.2, 0) is 65.4 Å². The summed E-state index contributed by atoms with van der Waals surface area (Å²) in [5.41, 5.74) is 0. The van der Waals surface area contributed by atoms with Crippen LogP contribution in [0.1, 0.15) is 350 Å². The highest BCUT2D eigenvalue weighted by Crippen LogP contribution is 2.45. The Balaban J connectivity index is 5.24. The van der Waals surface area contributed by atoms with E-state index in [2.05, 4.69) is 48.5 Å². The molecule has 0 aromatic rings. The molecule has 0 rings (SSSR count). The maximum Gasteiger partial charge on any atom is 0.472 e. The summed E-state index contributed by atoms with van der Waals surface area (Å²) >= 11 is 0. The molecule has 0 bridgehead atoms. The van der Waals surface area contributed by atoms with Crippen LogP contribution in [0.15, 0.2) is 0 Å². The van der Waals surface area contributed by atoms with Crippen molar-refractivity contribution < 1.29 is 80.2 Å². The number of aliphatic hydroxyl groups excluding tert-OH is 1. The van der Waals surface area contributed by atoms with E-state index in [9.17, 15) is 43.2 Å². The summed E-state index contributed by atoms with van der Waals surface area (Å²) in [6.07, 6.45) is 44.4. The van der Waals surface area contributed by atoms with E-state index < -0.39 is 97.5 Å². The number of carbonyl (C=O) groups excluding carboxylic acids is 4. The quantitative estimate of drug-likeness (QED) is 0.0222. The summed E-state index contributed by atoms with van der Waals surface area (Å²) in [5, 5.41) is 10.6. The van der Waals surface area contributed by atoms with Crippen molar-refractivity contribution in [3.05, 3.63) is 0 Å². The first-order valence-corrected chi connectivity index (χ1v) is 39.4. The second-order valence-corrected chi connectivity index (χ2v) is 29.1. The topological polar surface area (TPSA) is 237 Å². The van der Waals surface area contributed by atoms with Crippen molar-refractivity contribution in [1.29, 1.82) is 0 Å². The van der Waals surface area contributed by atoms with Crippen molar-refractivity contribution in [1.82, 2.24) is 0 Å². The molecule has 0 heterocycles. The molecule has 0 saturated heterocycles. The first kappa shape index (κ1) is 87.1. The number of phosphoric acid groups is 2. The lowest BCUT2D eigenvalue weighted by Gasteiger charge is -2.21. The smallest absolute Gasteiger partial charge is 0.462 e. The SMILES string of the molecule is CCCCCCCCCCCCC(=O)OC[C@H](COP(=O)(O)OC[C@H](O)COP(=O)(O)OC[C@@H](COC(=O)CCCCCCCCCCC(C)CC)OC(=O)CCCCCCCCCCCCCCCCC(C)C)OC(=O)CCCCCCCCC(C)CC. The fourth-order valence-corrected chi connectivity index (χ4v) is 12.1. The van der Waals surface area contributed by atoms with Crippen molar-refractivity contribution in [2.45, 2.75) is 369 Å². The van der Waals surface area contributed by atoms with Gasteiger partial charge in [-0.2, -0.15) is 0 Å². The van der Waals surface area contributed by atoms with Crippen LogP contribution in [0.3, 0.4) is 0 Å². The maximum absolute atomic E-state index is 13.0. The van der Waals surface area contributed by atoms with E-state index in [0.29, 0.717) is 25.7 Å². The third-order valence-corrected chi connectivity index (χ3v) is 18.8. The molecular formula is C70H136O17P2. The van der Waals surface area contributed by atoms with Gasteiger partial charge in [0.25, 0.3) is 0 Å². The Kier molecular flexibility index (Phi) is 59.6. The first-order chi connectivity index (χ1) is 42.8. The Morgan fingerprint density at radius 3 is 0.854 bits per heavy atom. The number of esters is 4. The molecule has 0 spiro atoms. The second-order valence-electron chi connectivity index (χ2n) is 26.2. The van der Waals surface area contributed by atoms with E-state index in [4.69, 9.17) is 37.0 Å². The minimum atomic E-state index is -4.95. The molecule has 0 saturated carbocycles. The molecule has 0 aliphatic heterocycles. The minimum absolute atomic E-state index is 0.103. The predicted molar refractivity (Wildman–Crippen MR) is 358 cm³/mol. The van der Waals surface area contributed by atoms with Gasteiger partial charge in [-0.25, -0.2) is 9.13 Å². The molecule has 19 heteroatoms. The molecule has 7 atom stereocenters. The summed E-state index contributed by atoms with van der Waals surface area (Å²) in [4.78, 5) is 72.5. The fourth-order valence-electron chi connectivity index (χ4n) is 10.5. The van der Waals surface area contributed by atoms with Gasteiger partial charge in [0.05, 0.1) is 26.4 Å². The van der Waals surface area contributed by atoms with Gasteiger partial charge >= 0.3 is 39.5 Å². The van der Waals surface area contributed by atoms with Crippen molar-refractivity contribution in [3.8, 4) is 0 Å². The van der Waals surface area contributed by atoms with Gasteiger partial charge in [-0.3, -0.25) is 37.3 Å². The molecular weight excluding hydrogens is 1170 g/mol. The van der Waals surface area contributed by atoms with E-state index >= 15 is 0 Å². The number of unbranched alkanes of at least 4 members (excludes halogenated alkanes) is 34. The molecule has 4 unspecified atom stereocenters. The zero-order chi connectivity index (χ0) is 65.9. The molecule has 0 radical (unpaired) electrons. The van der Waals surface area contributed by atoms with Gasteiger partial charge in [0.2, 0.25) is 0 Å². The maximum atomic E-state index is 13.0. The number of carbonyl (C=O) groups is 4. The highest BCUT2D eigenvalue weighted by Gasteiger charge is 2.30. The lowest BCUT2D eigenvalue weighted by Crippen LogP contribution is -2.30. The lowest BCUT2D eigenvalue weighted by molar-refractivity contribution is -0.161. The fraction of sp³-hybridized carbons (Fsp3) is 0.943. The molecule has 0 aromatic carbocycles. The summed E-state index contributed by atoms with van der Waals surface area (Å²) in [7, 11) is -9.90. The molecule has 528 valence electrons. The standard InChI is InChI=1S/C70H136O17P2/c1-8-11-12-13-14-15-23-29-37-44-51-67(72)80-58-66(87-70(75)54-47-40-33-32-36-43-50-63(7)10-3)60-85-89(78,79)83-56-64(71)55-82-88(76,77)84-59-65(57-81-68(73)52-45-38-30-26-25-28-35-42-49-62(6)9-2)86-69(74)53-46-39-31-24-21-19-17-16-18-20-22-27-34-41-48-61(4)5/h61-66,71H,8-60H2,1-7H3,(H,76,77)(H,78,79)/t62?,63?,64-,65-,66-/m1/s1. The highest BCUT2D eigenvalue weighted by molar-refractivity contribution is 7.47. The van der Waals surface area contributed by atoms with Gasteiger partial charge in [-0.15, -0.1) is 0 Å². The molecule has 17 nitrogen and oxygen atoms in total. The zero-order valence-corrected chi connectivity index (χ0v) is 59.7. The van der Waals surface area contributed by atoms with E-state index in [-0.39, 0.29) is 25.7 Å². The van der Waals surface area contributed by atoms with Gasteiger partial charge in [-0.1, -0.05) is 299 Å². The second kappa shape index (κ2) is 61.0. The number of ether oxygens (including phenoxy) is 4. The Hall–Kier alpha value is -1.94. The lowest BCUT2D eigenvalue weighted by atomic mass is 9.99. The van der Waals surface area contributed by atoms with Crippen molar-refractivity contribution in [2.24, 2.45) is 17.8 Å². The van der Waals surface area contributed by atoms with Crippen molar-refractivity contribution >= 4 is 39.5 Å². The van der Waals surface area contributed by atoms with Crippen molar-refractivity contribution in [2.75, 3.05) is 39.6 Å². The van der Waals surface area contributed by atoms with Gasteiger partial charge < -0.3 is 33.8 Å². The minimum Gasteiger partial charge on any atom is -0.462 e. The summed E-state index contributed by atoms with van der Waals surface area (Å²) in [6, 6.07) is 0. The van der Waals surface area contributed by atoms with Crippen LogP contribution < -0.4 is 0 Å². The Labute approximate surface area is 543 Å². The number of hydrogen-bond acceptors (Lipinski definition) is 15. The van der Waals surface area contributed by atoms with Crippen LogP contribution in [0.25, 0.3) is 0 Å². The van der Waals surface area contributed by atoms with Crippen LogP contribution in [0.5, 0.6) is 0 Å². The monoisotopic (exact) mass is 1310 g/mol. The summed E-state index contributed by atoms with van der Waals surface area (Å²) < 4.78 is 68.2. The van der Waals surface area contributed by atoms with E-state index in [1.807, 2.05) is 0 Å². The number of phosphoric ester groups is 2. The molecule has 0 aliphatic carbocycles. The van der Waals surface area contributed by atoms with Crippen LogP contribution in [0, 0.1) is 17.8 Å². The van der Waals surface area contributed by atoms with Crippen LogP contribution in [0.2, 0.25) is 0 Å². The highest BCUT2D eigenvalue weighted by atomic mass is 31.2. The number of aliphatic hydroxyl groups is 1. The predicted octanol–water partition coefficient (Wildman–Crippen LogP) is 19.8. The van der Waals surface area contributed by atoms with Crippen LogP contribution in [-0.4, -0.2) is 96.7 Å². The zero-order valence-electron chi connectivity index (χ0n) is 57.9. The Bertz CT molecular complexity index is 1750. The average molecular weight is 1310 g/mol. The average Bonchev–Trinajstić information content (AvgIpc) is 3.56. The molecule has 0 amide bonds.